The van der Waals surface area contributed by atoms with Crippen LogP contribution in [0.2, 0.25) is 5.02 Å². The Bertz CT molecular complexity index is 1190. The summed E-state index contributed by atoms with van der Waals surface area (Å²) in [6.45, 7) is 0.281. The maximum Gasteiger partial charge on any atom is 0.161 e. The average molecular weight is 471 g/mol. The van der Waals surface area contributed by atoms with Crippen LogP contribution in [0.25, 0.3) is 0 Å². The normalized spacial score (nSPS) is 34.1. The summed E-state index contributed by atoms with van der Waals surface area (Å²) in [5, 5.41) is 20.9. The largest absolute Gasteiger partial charge is 0.489 e. The Morgan fingerprint density at radius 1 is 0.941 bits per heavy atom. The number of nitrogens with zero attached hydrogens (tertiary/aromatic N) is 2. The lowest BCUT2D eigenvalue weighted by Crippen LogP contribution is -2.50. The van der Waals surface area contributed by atoms with Crippen LogP contribution in [0, 0.1) is 57.2 Å². The molecule has 1 unspecified atom stereocenters. The third-order valence-corrected chi connectivity index (χ3v) is 9.38. The summed E-state index contributed by atoms with van der Waals surface area (Å²) in [7, 11) is 0. The van der Waals surface area contributed by atoms with E-state index in [4.69, 9.17) is 16.3 Å². The first kappa shape index (κ1) is 21.7. The highest BCUT2D eigenvalue weighted by atomic mass is 35.5. The maximum atomic E-state index is 14.2. The van der Waals surface area contributed by atoms with Crippen molar-refractivity contribution in [1.82, 2.24) is 0 Å². The molecule has 0 amide bonds. The molecular weight excluding hydrogens is 444 g/mol. The van der Waals surface area contributed by atoms with Gasteiger partial charge in [0.15, 0.2) is 5.41 Å². The zero-order valence-corrected chi connectivity index (χ0v) is 19.8. The summed E-state index contributed by atoms with van der Waals surface area (Å²) >= 11 is 6.30. The van der Waals surface area contributed by atoms with E-state index in [1.165, 1.54) is 19.3 Å². The third-order valence-electron chi connectivity index (χ3n) is 9.01. The molecule has 2 aromatic rings. The number of benzene rings is 2. The van der Waals surface area contributed by atoms with E-state index in [9.17, 15) is 15.3 Å². The molecule has 5 fully saturated rings. The van der Waals surface area contributed by atoms with Crippen LogP contribution in [0.1, 0.15) is 55.6 Å². The number of carbonyl (C=O) groups is 1. The number of Topliss-reactive ketones (excluding diaryl/α,β-unsaturated/α-hetero) is 1. The summed E-state index contributed by atoms with van der Waals surface area (Å²) in [4.78, 5) is 14.2. The molecule has 0 spiro atoms. The lowest BCUT2D eigenvalue weighted by molar-refractivity contribution is -0.145. The van der Waals surface area contributed by atoms with Gasteiger partial charge in [0.05, 0.1) is 18.1 Å². The van der Waals surface area contributed by atoms with E-state index in [0.29, 0.717) is 28.5 Å². The predicted octanol–water partition coefficient (Wildman–Crippen LogP) is 6.45. The molecule has 0 heterocycles. The Morgan fingerprint density at radius 3 is 2.15 bits per heavy atom. The second-order valence-corrected chi connectivity index (χ2v) is 11.4. The van der Waals surface area contributed by atoms with Gasteiger partial charge in [-0.1, -0.05) is 48.0 Å². The molecule has 4 nitrogen and oxygen atoms in total. The first-order valence-corrected chi connectivity index (χ1v) is 12.7. The summed E-state index contributed by atoms with van der Waals surface area (Å²) in [5.41, 5.74) is -0.00591. The van der Waals surface area contributed by atoms with Crippen molar-refractivity contribution in [2.24, 2.45) is 34.5 Å². The Labute approximate surface area is 205 Å². The van der Waals surface area contributed by atoms with E-state index in [-0.39, 0.29) is 17.8 Å². The first-order chi connectivity index (χ1) is 16.5. The van der Waals surface area contributed by atoms with E-state index >= 15 is 0 Å². The molecule has 5 aliphatic carbocycles. The topological polar surface area (TPSA) is 73.9 Å². The predicted molar refractivity (Wildman–Crippen MR) is 128 cm³/mol. The van der Waals surface area contributed by atoms with Crippen molar-refractivity contribution in [1.29, 1.82) is 10.5 Å². The van der Waals surface area contributed by atoms with E-state index in [1.807, 2.05) is 48.5 Å². The Morgan fingerprint density at radius 2 is 1.53 bits per heavy atom. The second-order valence-electron chi connectivity index (χ2n) is 11.0. The summed E-state index contributed by atoms with van der Waals surface area (Å²) in [6, 6.07) is 19.6. The number of halogens is 1. The van der Waals surface area contributed by atoms with Gasteiger partial charge in [0.2, 0.25) is 0 Å². The molecule has 0 aliphatic heterocycles. The number of hydrogen-bond acceptors (Lipinski definition) is 4. The van der Waals surface area contributed by atoms with Gasteiger partial charge in [-0.05, 0) is 68.4 Å². The van der Waals surface area contributed by atoms with Gasteiger partial charge in [0.1, 0.15) is 18.1 Å². The van der Waals surface area contributed by atoms with Gasteiger partial charge in [-0.2, -0.15) is 10.5 Å². The molecule has 0 saturated heterocycles. The third kappa shape index (κ3) is 3.19. The molecule has 172 valence electrons. The minimum Gasteiger partial charge on any atom is -0.489 e. The van der Waals surface area contributed by atoms with E-state index in [1.54, 1.807) is 0 Å². The van der Waals surface area contributed by atoms with Crippen molar-refractivity contribution in [3.63, 3.8) is 0 Å². The highest BCUT2D eigenvalue weighted by Gasteiger charge is 2.74. The molecule has 4 bridgehead atoms. The number of nitriles is 2. The zero-order valence-electron chi connectivity index (χ0n) is 19.0. The number of ketones is 1. The van der Waals surface area contributed by atoms with Gasteiger partial charge in [-0.3, -0.25) is 4.79 Å². The fourth-order valence-electron chi connectivity index (χ4n) is 7.86. The molecular formula is C29H27ClN2O2. The molecule has 0 aromatic heterocycles. The van der Waals surface area contributed by atoms with Gasteiger partial charge >= 0.3 is 0 Å². The number of rotatable bonds is 6. The minimum absolute atomic E-state index is 0.167. The van der Waals surface area contributed by atoms with Crippen molar-refractivity contribution >= 4 is 17.4 Å². The van der Waals surface area contributed by atoms with Crippen LogP contribution < -0.4 is 4.74 Å². The summed E-state index contributed by atoms with van der Waals surface area (Å²) in [6.07, 6.45) is 6.58. The monoisotopic (exact) mass is 470 g/mol. The Balaban J connectivity index is 1.31. The minimum atomic E-state index is -1.32. The highest BCUT2D eigenvalue weighted by Crippen LogP contribution is 2.70. The van der Waals surface area contributed by atoms with Crippen molar-refractivity contribution in [2.75, 3.05) is 0 Å². The van der Waals surface area contributed by atoms with Gasteiger partial charge < -0.3 is 4.74 Å². The standard InChI is InChI=1S/C29H27ClN2O2/c30-23-7-3-1-5-21(23)15-34-24-8-4-2-6-22(24)25-26(29(25,16-31)17-32)27(33)28-12-18-9-19(13-28)11-20(10-18)14-28/h1-8,18-20,25-26H,9-15H2/t18?,19?,20?,25?,26-,28?/m1/s1. The quantitative estimate of drug-likeness (QED) is 0.486. The van der Waals surface area contributed by atoms with E-state index in [0.717, 1.165) is 30.4 Å². The fourth-order valence-corrected chi connectivity index (χ4v) is 8.05. The first-order valence-electron chi connectivity index (χ1n) is 12.3. The van der Waals surface area contributed by atoms with Crippen LogP contribution in [0.3, 0.4) is 0 Å². The maximum absolute atomic E-state index is 14.2. The molecule has 34 heavy (non-hydrogen) atoms. The highest BCUT2D eigenvalue weighted by molar-refractivity contribution is 6.31. The van der Waals surface area contributed by atoms with Crippen LogP contribution in [0.15, 0.2) is 48.5 Å². The lowest BCUT2D eigenvalue weighted by atomic mass is 9.48. The van der Waals surface area contributed by atoms with Gasteiger partial charge in [-0.15, -0.1) is 0 Å². The van der Waals surface area contributed by atoms with Crippen molar-refractivity contribution in [3.8, 4) is 17.9 Å². The van der Waals surface area contributed by atoms with Crippen LogP contribution >= 0.6 is 11.6 Å². The van der Waals surface area contributed by atoms with Gasteiger partial charge in [-0.25, -0.2) is 0 Å². The van der Waals surface area contributed by atoms with E-state index < -0.39 is 17.3 Å². The molecule has 5 heteroatoms. The molecule has 0 radical (unpaired) electrons. The number of hydrogen-bond donors (Lipinski definition) is 0. The molecule has 2 aromatic carbocycles. The van der Waals surface area contributed by atoms with Crippen molar-refractivity contribution in [3.05, 3.63) is 64.7 Å². The smallest absolute Gasteiger partial charge is 0.161 e. The number of carbonyl (C=O) groups excluding carboxylic acids is 1. The van der Waals surface area contributed by atoms with Gasteiger partial charge in [0, 0.05) is 27.5 Å². The van der Waals surface area contributed by atoms with Gasteiger partial charge in [0.25, 0.3) is 0 Å². The van der Waals surface area contributed by atoms with Crippen LogP contribution in [-0.4, -0.2) is 5.78 Å². The van der Waals surface area contributed by atoms with Crippen LogP contribution in [0.5, 0.6) is 5.75 Å². The fraction of sp³-hybridized carbons (Fsp3) is 0.483. The van der Waals surface area contributed by atoms with Crippen molar-refractivity contribution < 1.29 is 9.53 Å². The summed E-state index contributed by atoms with van der Waals surface area (Å²) in [5.74, 6) is 1.66. The molecule has 0 N–H and O–H groups in total. The van der Waals surface area contributed by atoms with Crippen LogP contribution in [-0.2, 0) is 11.4 Å². The molecule has 5 aliphatic rings. The van der Waals surface area contributed by atoms with Crippen LogP contribution in [0.4, 0.5) is 0 Å². The lowest BCUT2D eigenvalue weighted by Gasteiger charge is -2.56. The molecule has 5 saturated carbocycles. The SMILES string of the molecule is N#CC1(C#N)C(c2ccccc2OCc2ccccc2Cl)[C@@H]1C(=O)C12CC3CC(CC(C3)C1)C2. The number of para-hydroxylation sites is 1. The Kier molecular flexibility index (Phi) is 5.02. The van der Waals surface area contributed by atoms with E-state index in [2.05, 4.69) is 12.1 Å². The Hall–Kier alpha value is -2.82. The molecule has 7 rings (SSSR count). The van der Waals surface area contributed by atoms with Crippen molar-refractivity contribution in [2.45, 2.75) is 51.0 Å². The zero-order chi connectivity index (χ0) is 23.5. The number of ether oxygens (including phenoxy) is 1. The average Bonchev–Trinajstić information content (AvgIpc) is 3.51. The summed E-state index contributed by atoms with van der Waals surface area (Å²) < 4.78 is 6.15. The second kappa shape index (κ2) is 7.86. The molecule has 2 atom stereocenters.